The van der Waals surface area contributed by atoms with Crippen LogP contribution in [0.15, 0.2) is 42.9 Å². The number of rotatable bonds is 4. The zero-order valence-electron chi connectivity index (χ0n) is 14.7. The summed E-state index contributed by atoms with van der Waals surface area (Å²) < 4.78 is 8.24. The van der Waals surface area contributed by atoms with Crippen LogP contribution >= 0.6 is 0 Å². The van der Waals surface area contributed by atoms with Gasteiger partial charge < -0.3 is 14.4 Å². The lowest BCUT2D eigenvalue weighted by Crippen LogP contribution is -2.55. The maximum absolute atomic E-state index is 10.4. The maximum atomic E-state index is 10.4. The number of nitrogens with zero attached hydrogens (tertiary/aromatic N) is 3. The third-order valence-corrected chi connectivity index (χ3v) is 5.70. The molecule has 25 heavy (non-hydrogen) atoms. The molecule has 1 spiro atoms. The molecule has 1 aromatic heterocycles. The zero-order chi connectivity index (χ0) is 17.1. The Bertz CT molecular complexity index is 677. The van der Waals surface area contributed by atoms with E-state index in [1.165, 1.54) is 11.3 Å². The number of aliphatic hydroxyl groups is 1. The minimum absolute atomic E-state index is 0.293. The molecule has 2 aromatic rings. The molecule has 0 amide bonds. The highest BCUT2D eigenvalue weighted by atomic mass is 16.5. The molecule has 0 bridgehead atoms. The highest BCUT2D eigenvalue weighted by Crippen LogP contribution is 2.35. The molecule has 0 unspecified atom stereocenters. The fourth-order valence-corrected chi connectivity index (χ4v) is 4.11. The van der Waals surface area contributed by atoms with Gasteiger partial charge in [0.15, 0.2) is 0 Å². The minimum atomic E-state index is -0.299. The van der Waals surface area contributed by atoms with Crippen molar-refractivity contribution in [3.63, 3.8) is 0 Å². The van der Waals surface area contributed by atoms with Crippen LogP contribution in [0.2, 0.25) is 0 Å². The van der Waals surface area contributed by atoms with Gasteiger partial charge in [-0.1, -0.05) is 30.3 Å². The number of aromatic nitrogens is 2. The first kappa shape index (κ1) is 16.8. The molecule has 2 aliphatic rings. The molecule has 0 saturated carbocycles. The molecular weight excluding hydrogens is 314 g/mol. The summed E-state index contributed by atoms with van der Waals surface area (Å²) in [5, 5.41) is 10.4. The third-order valence-electron chi connectivity index (χ3n) is 5.70. The van der Waals surface area contributed by atoms with Crippen molar-refractivity contribution in [3.05, 3.63) is 54.1 Å². The van der Waals surface area contributed by atoms with E-state index in [4.69, 9.17) is 4.74 Å². The molecule has 1 aromatic carbocycles. The summed E-state index contributed by atoms with van der Waals surface area (Å²) in [5.74, 6) is 0. The van der Waals surface area contributed by atoms with Crippen LogP contribution in [0.4, 0.5) is 0 Å². The Morgan fingerprint density at radius 2 is 1.96 bits per heavy atom. The Balaban J connectivity index is 1.37. The minimum Gasteiger partial charge on any atom is -0.390 e. The highest BCUT2D eigenvalue weighted by molar-refractivity contribution is 5.16. The number of benzene rings is 1. The molecule has 2 saturated heterocycles. The molecule has 3 heterocycles. The Morgan fingerprint density at radius 3 is 2.72 bits per heavy atom. The van der Waals surface area contributed by atoms with Crippen molar-refractivity contribution in [3.8, 4) is 0 Å². The number of likely N-dealkylation sites (tertiary alicyclic amines) is 1. The van der Waals surface area contributed by atoms with Gasteiger partial charge in [0.1, 0.15) is 0 Å². The highest BCUT2D eigenvalue weighted by Gasteiger charge is 2.43. The predicted molar refractivity (Wildman–Crippen MR) is 96.2 cm³/mol. The van der Waals surface area contributed by atoms with Crippen molar-refractivity contribution in [1.29, 1.82) is 0 Å². The van der Waals surface area contributed by atoms with Crippen LogP contribution in [-0.4, -0.2) is 51.0 Å². The van der Waals surface area contributed by atoms with E-state index in [1.807, 2.05) is 18.6 Å². The van der Waals surface area contributed by atoms with E-state index in [0.717, 1.165) is 58.5 Å². The van der Waals surface area contributed by atoms with E-state index in [-0.39, 0.29) is 11.7 Å². The average molecular weight is 341 g/mol. The summed E-state index contributed by atoms with van der Waals surface area (Å²) in [4.78, 5) is 6.80. The van der Waals surface area contributed by atoms with Crippen molar-refractivity contribution in [1.82, 2.24) is 14.5 Å². The number of ether oxygens (including phenoxy) is 1. The monoisotopic (exact) mass is 341 g/mol. The van der Waals surface area contributed by atoms with Crippen LogP contribution in [0.25, 0.3) is 0 Å². The van der Waals surface area contributed by atoms with Crippen molar-refractivity contribution >= 4 is 0 Å². The Labute approximate surface area is 149 Å². The van der Waals surface area contributed by atoms with E-state index in [9.17, 15) is 5.11 Å². The summed E-state index contributed by atoms with van der Waals surface area (Å²) in [7, 11) is 0. The summed E-state index contributed by atoms with van der Waals surface area (Å²) in [5.41, 5.74) is 2.24. The molecule has 0 radical (unpaired) electrons. The molecule has 0 aliphatic carbocycles. The van der Waals surface area contributed by atoms with Gasteiger partial charge in [0.2, 0.25) is 0 Å². The average Bonchev–Trinajstić information content (AvgIpc) is 3.07. The second-order valence-corrected chi connectivity index (χ2v) is 7.35. The van der Waals surface area contributed by atoms with Crippen LogP contribution in [0.5, 0.6) is 0 Å². The van der Waals surface area contributed by atoms with Gasteiger partial charge >= 0.3 is 0 Å². The summed E-state index contributed by atoms with van der Waals surface area (Å²) in [6.07, 6.45) is 7.28. The largest absolute Gasteiger partial charge is 0.390 e. The van der Waals surface area contributed by atoms with Crippen molar-refractivity contribution in [2.45, 2.75) is 50.5 Å². The molecule has 2 aliphatic heterocycles. The smallest absolute Gasteiger partial charge is 0.0964 e. The molecule has 5 nitrogen and oxygen atoms in total. The first-order valence-electron chi connectivity index (χ1n) is 9.32. The first-order chi connectivity index (χ1) is 12.3. The maximum Gasteiger partial charge on any atom is 0.0964 e. The van der Waals surface area contributed by atoms with Crippen LogP contribution < -0.4 is 0 Å². The van der Waals surface area contributed by atoms with Crippen LogP contribution in [0.1, 0.15) is 36.9 Å². The third kappa shape index (κ3) is 3.64. The Morgan fingerprint density at radius 1 is 1.16 bits per heavy atom. The standard InChI is InChI=1S/C20H27N3O2/c24-19-7-4-12-25-20(19)8-10-22(11-9-20)15-18-13-21-16-23(18)14-17-5-2-1-3-6-17/h1-3,5-6,13,16,19,24H,4,7-12,14-15H2/t19-/m1/s1. The topological polar surface area (TPSA) is 50.5 Å². The van der Waals surface area contributed by atoms with Crippen LogP contribution in [0, 0.1) is 0 Å². The zero-order valence-corrected chi connectivity index (χ0v) is 14.7. The van der Waals surface area contributed by atoms with Gasteiger partial charge in [-0.05, 0) is 31.2 Å². The SMILES string of the molecule is O[C@@H]1CCCOC12CCN(Cc1cncn1Cc1ccccc1)CC2. The van der Waals surface area contributed by atoms with Gasteiger partial charge in [0.05, 0.1) is 23.7 Å². The number of hydrogen-bond donors (Lipinski definition) is 1. The number of hydrogen-bond acceptors (Lipinski definition) is 4. The Hall–Kier alpha value is -1.69. The molecule has 1 N–H and O–H groups in total. The van der Waals surface area contributed by atoms with Gasteiger partial charge in [0, 0.05) is 39.0 Å². The predicted octanol–water partition coefficient (Wildman–Crippen LogP) is 2.44. The van der Waals surface area contributed by atoms with Gasteiger partial charge in [-0.2, -0.15) is 0 Å². The van der Waals surface area contributed by atoms with Gasteiger partial charge in [0.25, 0.3) is 0 Å². The van der Waals surface area contributed by atoms with E-state index in [2.05, 4.69) is 38.7 Å². The van der Waals surface area contributed by atoms with E-state index >= 15 is 0 Å². The van der Waals surface area contributed by atoms with Crippen LogP contribution in [0.3, 0.4) is 0 Å². The quantitative estimate of drug-likeness (QED) is 0.928. The lowest BCUT2D eigenvalue weighted by atomic mass is 9.82. The van der Waals surface area contributed by atoms with E-state index in [1.54, 1.807) is 0 Å². The second-order valence-electron chi connectivity index (χ2n) is 7.35. The van der Waals surface area contributed by atoms with E-state index in [0.29, 0.717) is 0 Å². The van der Waals surface area contributed by atoms with Crippen molar-refractivity contribution in [2.24, 2.45) is 0 Å². The van der Waals surface area contributed by atoms with Gasteiger partial charge in [-0.25, -0.2) is 4.98 Å². The normalized spacial score (nSPS) is 23.8. The first-order valence-corrected chi connectivity index (χ1v) is 9.32. The second kappa shape index (κ2) is 7.28. The molecule has 5 heteroatoms. The molecule has 2 fully saturated rings. The molecule has 1 atom stereocenters. The van der Waals surface area contributed by atoms with Crippen molar-refractivity contribution < 1.29 is 9.84 Å². The summed E-state index contributed by atoms with van der Waals surface area (Å²) in [6, 6.07) is 10.5. The number of piperidine rings is 1. The number of imidazole rings is 1. The molecule has 134 valence electrons. The summed E-state index contributed by atoms with van der Waals surface area (Å²) in [6.45, 7) is 4.48. The fraction of sp³-hybridized carbons (Fsp3) is 0.550. The Kier molecular flexibility index (Phi) is 4.88. The van der Waals surface area contributed by atoms with Gasteiger partial charge in [-0.3, -0.25) is 4.90 Å². The summed E-state index contributed by atoms with van der Waals surface area (Å²) >= 11 is 0. The molecular formula is C20H27N3O2. The lowest BCUT2D eigenvalue weighted by Gasteiger charge is -2.46. The van der Waals surface area contributed by atoms with E-state index < -0.39 is 0 Å². The van der Waals surface area contributed by atoms with Crippen LogP contribution in [-0.2, 0) is 17.8 Å². The number of aliphatic hydroxyl groups excluding tert-OH is 1. The lowest BCUT2D eigenvalue weighted by molar-refractivity contribution is -0.177. The fourth-order valence-electron chi connectivity index (χ4n) is 4.11. The molecule has 4 rings (SSSR count). The van der Waals surface area contributed by atoms with Crippen molar-refractivity contribution in [2.75, 3.05) is 19.7 Å². The van der Waals surface area contributed by atoms with Gasteiger partial charge in [-0.15, -0.1) is 0 Å².